The van der Waals surface area contributed by atoms with Crippen molar-refractivity contribution < 1.29 is 23.8 Å². The maximum atomic E-state index is 13.7. The van der Waals surface area contributed by atoms with Gasteiger partial charge in [0.15, 0.2) is 17.3 Å². The zero-order chi connectivity index (χ0) is 24.7. The first-order valence-electron chi connectivity index (χ1n) is 12.0. The number of aryl methyl sites for hydroxylation is 1. The highest BCUT2D eigenvalue weighted by Gasteiger charge is 2.42. The normalized spacial score (nSPS) is 19.7. The molecule has 0 saturated heterocycles. The predicted molar refractivity (Wildman–Crippen MR) is 133 cm³/mol. The summed E-state index contributed by atoms with van der Waals surface area (Å²) >= 11 is 1.55. The largest absolute Gasteiger partial charge is 0.493 e. The molecule has 5 rings (SSSR count). The van der Waals surface area contributed by atoms with Crippen molar-refractivity contribution in [1.82, 2.24) is 0 Å². The monoisotopic (exact) mass is 492 g/mol. The fourth-order valence-electron chi connectivity index (χ4n) is 5.64. The molecule has 0 N–H and O–H groups in total. The molecule has 8 heteroatoms. The minimum Gasteiger partial charge on any atom is -0.493 e. The molecule has 3 aliphatic rings. The van der Waals surface area contributed by atoms with E-state index in [1.807, 2.05) is 12.1 Å². The van der Waals surface area contributed by atoms with E-state index in [0.717, 1.165) is 42.5 Å². The second-order valence-electron chi connectivity index (χ2n) is 9.08. The van der Waals surface area contributed by atoms with Crippen LogP contribution in [0.3, 0.4) is 0 Å². The average molecular weight is 493 g/mol. The van der Waals surface area contributed by atoms with Gasteiger partial charge in [0, 0.05) is 34.9 Å². The van der Waals surface area contributed by atoms with Crippen molar-refractivity contribution in [2.24, 2.45) is 0 Å². The number of rotatable bonds is 5. The smallest absolute Gasteiger partial charge is 0.232 e. The van der Waals surface area contributed by atoms with E-state index in [1.54, 1.807) is 37.6 Å². The topological polar surface area (TPSA) is 88.9 Å². The molecule has 0 bridgehead atoms. The van der Waals surface area contributed by atoms with Crippen LogP contribution in [-0.4, -0.2) is 33.0 Å². The summed E-state index contributed by atoms with van der Waals surface area (Å²) in [7, 11) is 4.64. The first-order chi connectivity index (χ1) is 17.0. The summed E-state index contributed by atoms with van der Waals surface area (Å²) in [6, 6.07) is 6.03. The third kappa shape index (κ3) is 3.79. The highest BCUT2D eigenvalue weighted by atomic mass is 32.1. The van der Waals surface area contributed by atoms with E-state index in [9.17, 15) is 14.9 Å². The Bertz CT molecular complexity index is 1260. The fourth-order valence-corrected chi connectivity index (χ4v) is 7.02. The van der Waals surface area contributed by atoms with Gasteiger partial charge in [-0.3, -0.25) is 14.5 Å². The van der Waals surface area contributed by atoms with Crippen LogP contribution >= 0.6 is 11.3 Å². The summed E-state index contributed by atoms with van der Waals surface area (Å²) in [4.78, 5) is 30.0. The lowest BCUT2D eigenvalue weighted by molar-refractivity contribution is -0.119. The minimum atomic E-state index is -0.407. The Hall–Kier alpha value is -3.31. The van der Waals surface area contributed by atoms with Crippen LogP contribution in [0.5, 0.6) is 17.2 Å². The summed E-state index contributed by atoms with van der Waals surface area (Å²) in [5.74, 6) is 0.999. The summed E-state index contributed by atoms with van der Waals surface area (Å²) in [5, 5.41) is 10.7. The molecule has 2 aliphatic carbocycles. The van der Waals surface area contributed by atoms with Gasteiger partial charge in [-0.1, -0.05) is 0 Å². The number of ketones is 1. The van der Waals surface area contributed by atoms with Crippen molar-refractivity contribution >= 4 is 28.0 Å². The van der Waals surface area contributed by atoms with Crippen molar-refractivity contribution in [2.45, 2.75) is 57.3 Å². The molecule has 0 radical (unpaired) electrons. The number of fused-ring (bicyclic) bond motifs is 1. The van der Waals surface area contributed by atoms with Gasteiger partial charge in [-0.2, -0.15) is 5.26 Å². The highest BCUT2D eigenvalue weighted by molar-refractivity contribution is 7.16. The fraction of sp³-hybridized carbons (Fsp3) is 0.444. The molecule has 35 heavy (non-hydrogen) atoms. The van der Waals surface area contributed by atoms with Gasteiger partial charge in [-0.05, 0) is 61.8 Å². The highest BCUT2D eigenvalue weighted by Crippen LogP contribution is 2.50. The third-order valence-corrected chi connectivity index (χ3v) is 8.51. The SMILES string of the molecule is COc1cc([C@@H]2CC(=O)N(c3sc4c(c3C#N)CCCC4)C3=C2C(=O)CCC3)cc(OC)c1OC. The second-order valence-corrected chi connectivity index (χ2v) is 10.2. The van der Waals surface area contributed by atoms with Gasteiger partial charge in [0.1, 0.15) is 11.1 Å². The zero-order valence-electron chi connectivity index (χ0n) is 20.2. The molecule has 0 spiro atoms. The van der Waals surface area contributed by atoms with Crippen molar-refractivity contribution in [2.75, 3.05) is 26.2 Å². The molecule has 1 amide bonds. The Morgan fingerprint density at radius 3 is 2.34 bits per heavy atom. The van der Waals surface area contributed by atoms with Crippen LogP contribution in [0.15, 0.2) is 23.4 Å². The Labute approximate surface area is 208 Å². The number of benzene rings is 1. The van der Waals surface area contributed by atoms with Crippen LogP contribution in [0, 0.1) is 11.3 Å². The third-order valence-electron chi connectivity index (χ3n) is 7.23. The number of thiophene rings is 1. The lowest BCUT2D eigenvalue weighted by Gasteiger charge is -2.38. The lowest BCUT2D eigenvalue weighted by Crippen LogP contribution is -2.40. The van der Waals surface area contributed by atoms with Crippen LogP contribution in [0.4, 0.5) is 5.00 Å². The van der Waals surface area contributed by atoms with E-state index < -0.39 is 5.92 Å². The molecule has 0 unspecified atom stereocenters. The lowest BCUT2D eigenvalue weighted by atomic mass is 9.77. The number of hydrogen-bond donors (Lipinski definition) is 0. The van der Waals surface area contributed by atoms with Crippen molar-refractivity contribution in [3.05, 3.63) is 45.0 Å². The number of allylic oxidation sites excluding steroid dienone is 2. The maximum Gasteiger partial charge on any atom is 0.232 e. The van der Waals surface area contributed by atoms with Crippen molar-refractivity contribution in [3.8, 4) is 23.3 Å². The molecular formula is C27H28N2O5S. The molecule has 2 aromatic rings. The van der Waals surface area contributed by atoms with E-state index in [0.29, 0.717) is 52.6 Å². The molecule has 1 aromatic carbocycles. The Morgan fingerprint density at radius 1 is 0.971 bits per heavy atom. The van der Waals surface area contributed by atoms with Crippen LogP contribution < -0.4 is 19.1 Å². The van der Waals surface area contributed by atoms with Crippen LogP contribution in [0.2, 0.25) is 0 Å². The molecule has 0 saturated carbocycles. The van der Waals surface area contributed by atoms with Crippen LogP contribution in [-0.2, 0) is 22.4 Å². The average Bonchev–Trinajstić information content (AvgIpc) is 3.25. The van der Waals surface area contributed by atoms with E-state index in [4.69, 9.17) is 14.2 Å². The second kappa shape index (κ2) is 9.38. The molecule has 1 atom stereocenters. The van der Waals surface area contributed by atoms with E-state index in [1.165, 1.54) is 4.88 Å². The number of amides is 1. The quantitative estimate of drug-likeness (QED) is 0.580. The van der Waals surface area contributed by atoms with Gasteiger partial charge in [0.2, 0.25) is 11.7 Å². The van der Waals surface area contributed by atoms with Gasteiger partial charge in [0.05, 0.1) is 26.9 Å². The van der Waals surface area contributed by atoms with Gasteiger partial charge in [-0.15, -0.1) is 11.3 Å². The minimum absolute atomic E-state index is 0.0577. The van der Waals surface area contributed by atoms with Gasteiger partial charge in [-0.25, -0.2) is 0 Å². The van der Waals surface area contributed by atoms with Crippen molar-refractivity contribution in [1.29, 1.82) is 5.26 Å². The summed E-state index contributed by atoms with van der Waals surface area (Å²) in [6.07, 6.45) is 5.87. The predicted octanol–water partition coefficient (Wildman–Crippen LogP) is 5.05. The number of carbonyl (C=O) groups is 2. The Kier molecular flexibility index (Phi) is 6.28. The number of nitrogens with zero attached hydrogens (tertiary/aromatic N) is 2. The van der Waals surface area contributed by atoms with Crippen LogP contribution in [0.25, 0.3) is 0 Å². The molecule has 2 heterocycles. The molecular weight excluding hydrogens is 464 g/mol. The standard InChI is InChI=1S/C27H28N2O5S/c1-32-21-11-15(12-22(33-2)26(21)34-3)17-13-24(31)29(19-8-6-9-20(30)25(17)19)27-18(14-28)16-7-4-5-10-23(16)35-27/h11-12,17H,4-10,13H2,1-3H3/t17-/m0/s1. The summed E-state index contributed by atoms with van der Waals surface area (Å²) < 4.78 is 16.5. The number of hydrogen-bond acceptors (Lipinski definition) is 7. The Balaban J connectivity index is 1.67. The first kappa shape index (κ1) is 23.4. The molecule has 182 valence electrons. The van der Waals surface area contributed by atoms with Crippen LogP contribution in [0.1, 0.15) is 66.0 Å². The van der Waals surface area contributed by atoms with Gasteiger partial charge in [0.25, 0.3) is 0 Å². The number of carbonyl (C=O) groups excluding carboxylic acids is 2. The maximum absolute atomic E-state index is 13.7. The molecule has 1 aliphatic heterocycles. The summed E-state index contributed by atoms with van der Waals surface area (Å²) in [6.45, 7) is 0. The van der Waals surface area contributed by atoms with Gasteiger partial charge < -0.3 is 14.2 Å². The van der Waals surface area contributed by atoms with Gasteiger partial charge >= 0.3 is 0 Å². The van der Waals surface area contributed by atoms with E-state index >= 15 is 0 Å². The number of nitriles is 1. The summed E-state index contributed by atoms with van der Waals surface area (Å²) in [5.41, 5.74) is 3.88. The molecule has 7 nitrogen and oxygen atoms in total. The Morgan fingerprint density at radius 2 is 1.69 bits per heavy atom. The van der Waals surface area contributed by atoms with Crippen molar-refractivity contribution in [3.63, 3.8) is 0 Å². The number of ether oxygens (including phenoxy) is 3. The number of anilines is 1. The molecule has 1 aromatic heterocycles. The number of Topliss-reactive ketones (excluding diaryl/α,β-unsaturated/α-hetero) is 1. The zero-order valence-corrected chi connectivity index (χ0v) is 21.0. The first-order valence-corrected chi connectivity index (χ1v) is 12.8. The van der Waals surface area contributed by atoms with E-state index in [-0.39, 0.29) is 18.1 Å². The number of methoxy groups -OCH3 is 3. The van der Waals surface area contributed by atoms with E-state index in [2.05, 4.69) is 6.07 Å². The molecule has 0 fully saturated rings.